The van der Waals surface area contributed by atoms with Crippen LogP contribution in [0.5, 0.6) is 0 Å². The van der Waals surface area contributed by atoms with Crippen molar-refractivity contribution in [3.8, 4) is 0 Å². The van der Waals surface area contributed by atoms with Gasteiger partial charge in [0.15, 0.2) is 0 Å². The highest BCUT2D eigenvalue weighted by molar-refractivity contribution is 5.78. The molecule has 2 aliphatic heterocycles. The van der Waals surface area contributed by atoms with E-state index in [1.165, 1.54) is 12.8 Å². The van der Waals surface area contributed by atoms with Crippen LogP contribution in [0.15, 0.2) is 24.3 Å². The Balaban J connectivity index is 1.50. The van der Waals surface area contributed by atoms with Gasteiger partial charge in [0, 0.05) is 32.5 Å². The minimum atomic E-state index is 0.128. The first kappa shape index (κ1) is 18.9. The van der Waals surface area contributed by atoms with Crippen molar-refractivity contribution in [2.24, 2.45) is 11.8 Å². The van der Waals surface area contributed by atoms with Crippen LogP contribution in [0.25, 0.3) is 0 Å². The number of nitrogens with one attached hydrogen (secondary N) is 2. The maximum atomic E-state index is 12.4. The van der Waals surface area contributed by atoms with Crippen LogP contribution in [0.1, 0.15) is 50.2 Å². The molecule has 3 rings (SSSR count). The van der Waals surface area contributed by atoms with Gasteiger partial charge in [-0.25, -0.2) is 0 Å². The minimum Gasteiger partial charge on any atom is -0.352 e. The molecule has 0 aliphatic carbocycles. The predicted octanol–water partition coefficient (Wildman–Crippen LogP) is 2.45. The zero-order chi connectivity index (χ0) is 18.4. The molecular formula is C21H31N3O2. The molecule has 0 aromatic heterocycles. The fourth-order valence-corrected chi connectivity index (χ4v) is 4.10. The third-order valence-electron chi connectivity index (χ3n) is 5.82. The molecule has 0 bridgehead atoms. The lowest BCUT2D eigenvalue weighted by Crippen LogP contribution is -2.33. The standard InChI is InChI=1S/C21H31N3O2/c1-16(17-8-10-22-11-9-17)13-20(25)23-14-18-5-2-3-6-19(18)15-24-12-4-7-21(24)26/h2-3,5-6,16-17,22H,4,7-15H2,1H3,(H,23,25). The second-order valence-electron chi connectivity index (χ2n) is 7.73. The predicted molar refractivity (Wildman–Crippen MR) is 102 cm³/mol. The largest absolute Gasteiger partial charge is 0.352 e. The summed E-state index contributed by atoms with van der Waals surface area (Å²) in [5.41, 5.74) is 2.24. The van der Waals surface area contributed by atoms with Gasteiger partial charge in [-0.05, 0) is 55.3 Å². The number of carbonyl (C=O) groups excluding carboxylic acids is 2. The highest BCUT2D eigenvalue weighted by atomic mass is 16.2. The van der Waals surface area contributed by atoms with Gasteiger partial charge in [-0.15, -0.1) is 0 Å². The van der Waals surface area contributed by atoms with E-state index < -0.39 is 0 Å². The average molecular weight is 357 g/mol. The summed E-state index contributed by atoms with van der Waals surface area (Å²) in [6, 6.07) is 8.10. The van der Waals surface area contributed by atoms with Crippen molar-refractivity contribution in [1.82, 2.24) is 15.5 Å². The highest BCUT2D eigenvalue weighted by Gasteiger charge is 2.23. The molecule has 0 radical (unpaired) electrons. The molecule has 5 heteroatoms. The van der Waals surface area contributed by atoms with Crippen molar-refractivity contribution in [2.45, 2.75) is 52.1 Å². The molecule has 1 atom stereocenters. The minimum absolute atomic E-state index is 0.128. The number of hydrogen-bond donors (Lipinski definition) is 2. The number of rotatable bonds is 7. The second kappa shape index (κ2) is 9.17. The molecule has 2 aliphatic rings. The Kier molecular flexibility index (Phi) is 6.67. The first-order valence-corrected chi connectivity index (χ1v) is 9.95. The normalized spacial score (nSPS) is 19.6. The molecule has 2 N–H and O–H groups in total. The summed E-state index contributed by atoms with van der Waals surface area (Å²) in [5.74, 6) is 1.44. The fourth-order valence-electron chi connectivity index (χ4n) is 4.10. The zero-order valence-corrected chi connectivity index (χ0v) is 15.8. The van der Waals surface area contributed by atoms with Gasteiger partial charge < -0.3 is 15.5 Å². The van der Waals surface area contributed by atoms with Gasteiger partial charge in [0.05, 0.1) is 0 Å². The Morgan fingerprint density at radius 1 is 1.27 bits per heavy atom. The molecule has 2 heterocycles. The quantitative estimate of drug-likeness (QED) is 0.788. The van der Waals surface area contributed by atoms with Crippen molar-refractivity contribution < 1.29 is 9.59 Å². The Labute approximate surface area is 156 Å². The lowest BCUT2D eigenvalue weighted by molar-refractivity contribution is -0.128. The smallest absolute Gasteiger partial charge is 0.222 e. The van der Waals surface area contributed by atoms with Crippen molar-refractivity contribution in [2.75, 3.05) is 19.6 Å². The van der Waals surface area contributed by atoms with Gasteiger partial charge in [-0.3, -0.25) is 9.59 Å². The molecule has 1 aromatic carbocycles. The van der Waals surface area contributed by atoms with Crippen LogP contribution in [0.4, 0.5) is 0 Å². The van der Waals surface area contributed by atoms with E-state index >= 15 is 0 Å². The van der Waals surface area contributed by atoms with Crippen LogP contribution in [0.2, 0.25) is 0 Å². The number of carbonyl (C=O) groups is 2. The lowest BCUT2D eigenvalue weighted by Gasteiger charge is -2.28. The summed E-state index contributed by atoms with van der Waals surface area (Å²) in [6.07, 6.45) is 4.54. The van der Waals surface area contributed by atoms with Crippen molar-refractivity contribution >= 4 is 11.8 Å². The molecule has 2 fully saturated rings. The van der Waals surface area contributed by atoms with Gasteiger partial charge in [0.25, 0.3) is 0 Å². The van der Waals surface area contributed by atoms with Gasteiger partial charge >= 0.3 is 0 Å². The summed E-state index contributed by atoms with van der Waals surface area (Å²) < 4.78 is 0. The van der Waals surface area contributed by atoms with Crippen molar-refractivity contribution in [1.29, 1.82) is 0 Å². The monoisotopic (exact) mass is 357 g/mol. The molecule has 2 amide bonds. The van der Waals surface area contributed by atoms with E-state index in [0.29, 0.717) is 37.8 Å². The highest BCUT2D eigenvalue weighted by Crippen LogP contribution is 2.24. The SMILES string of the molecule is CC(CC(=O)NCc1ccccc1CN1CCCC1=O)C1CCNCC1. The van der Waals surface area contributed by atoms with Crippen LogP contribution >= 0.6 is 0 Å². The van der Waals surface area contributed by atoms with E-state index in [1.807, 2.05) is 23.1 Å². The fraction of sp³-hybridized carbons (Fsp3) is 0.619. The molecule has 1 aromatic rings. The van der Waals surface area contributed by atoms with Crippen LogP contribution in [0.3, 0.4) is 0 Å². The molecule has 2 saturated heterocycles. The number of piperidine rings is 1. The summed E-state index contributed by atoms with van der Waals surface area (Å²) in [6.45, 7) is 6.36. The van der Waals surface area contributed by atoms with Crippen molar-refractivity contribution in [3.05, 3.63) is 35.4 Å². The molecule has 0 spiro atoms. The maximum Gasteiger partial charge on any atom is 0.222 e. The molecule has 26 heavy (non-hydrogen) atoms. The molecule has 0 saturated carbocycles. The Morgan fingerprint density at radius 3 is 2.69 bits per heavy atom. The number of nitrogens with zero attached hydrogens (tertiary/aromatic N) is 1. The molecule has 142 valence electrons. The van der Waals surface area contributed by atoms with Crippen LogP contribution < -0.4 is 10.6 Å². The second-order valence-corrected chi connectivity index (χ2v) is 7.73. The van der Waals surface area contributed by atoms with E-state index in [1.54, 1.807) is 0 Å². The van der Waals surface area contributed by atoms with Crippen LogP contribution in [-0.2, 0) is 22.7 Å². The van der Waals surface area contributed by atoms with Gasteiger partial charge in [0.1, 0.15) is 0 Å². The lowest BCUT2D eigenvalue weighted by atomic mass is 9.84. The van der Waals surface area contributed by atoms with E-state index in [9.17, 15) is 9.59 Å². The third kappa shape index (κ3) is 5.07. The Bertz CT molecular complexity index is 625. The summed E-state index contributed by atoms with van der Waals surface area (Å²) in [4.78, 5) is 26.2. The summed E-state index contributed by atoms with van der Waals surface area (Å²) in [5, 5.41) is 6.47. The number of likely N-dealkylation sites (tertiary alicyclic amines) is 1. The van der Waals surface area contributed by atoms with Gasteiger partial charge in [0.2, 0.25) is 11.8 Å². The maximum absolute atomic E-state index is 12.4. The first-order chi connectivity index (χ1) is 12.6. The Hall–Kier alpha value is -1.88. The van der Waals surface area contributed by atoms with Crippen LogP contribution in [0, 0.1) is 11.8 Å². The van der Waals surface area contributed by atoms with Gasteiger partial charge in [-0.2, -0.15) is 0 Å². The van der Waals surface area contributed by atoms with E-state index in [-0.39, 0.29) is 11.8 Å². The van der Waals surface area contributed by atoms with Crippen molar-refractivity contribution in [3.63, 3.8) is 0 Å². The van der Waals surface area contributed by atoms with E-state index in [2.05, 4.69) is 23.6 Å². The number of benzene rings is 1. The molecular weight excluding hydrogens is 326 g/mol. The molecule has 5 nitrogen and oxygen atoms in total. The summed E-state index contributed by atoms with van der Waals surface area (Å²) >= 11 is 0. The zero-order valence-electron chi connectivity index (χ0n) is 15.8. The molecule has 1 unspecified atom stereocenters. The van der Waals surface area contributed by atoms with Gasteiger partial charge in [-0.1, -0.05) is 31.2 Å². The average Bonchev–Trinajstić information content (AvgIpc) is 3.06. The Morgan fingerprint density at radius 2 is 2.00 bits per heavy atom. The van der Waals surface area contributed by atoms with Crippen LogP contribution in [-0.4, -0.2) is 36.3 Å². The number of amides is 2. The van der Waals surface area contributed by atoms with E-state index in [4.69, 9.17) is 0 Å². The first-order valence-electron chi connectivity index (χ1n) is 9.95. The summed E-state index contributed by atoms with van der Waals surface area (Å²) in [7, 11) is 0. The topological polar surface area (TPSA) is 61.4 Å². The number of hydrogen-bond acceptors (Lipinski definition) is 3. The van der Waals surface area contributed by atoms with E-state index in [0.717, 1.165) is 37.2 Å². The third-order valence-corrected chi connectivity index (χ3v) is 5.82.